The maximum absolute atomic E-state index is 13.5. The van der Waals surface area contributed by atoms with Gasteiger partial charge in [0.15, 0.2) is 0 Å². The number of hydrogen-bond donors (Lipinski definition) is 1. The summed E-state index contributed by atoms with van der Waals surface area (Å²) >= 11 is 0. The van der Waals surface area contributed by atoms with Gasteiger partial charge < -0.3 is 10.2 Å². The highest BCUT2D eigenvalue weighted by Gasteiger charge is 2.04. The lowest BCUT2D eigenvalue weighted by molar-refractivity contribution is 0.613. The van der Waals surface area contributed by atoms with Gasteiger partial charge in [-0.25, -0.2) is 4.39 Å². The summed E-state index contributed by atoms with van der Waals surface area (Å²) in [5, 5.41) is 3.27. The van der Waals surface area contributed by atoms with Crippen LogP contribution in [0.3, 0.4) is 0 Å². The lowest BCUT2D eigenvalue weighted by Crippen LogP contribution is -2.12. The van der Waals surface area contributed by atoms with E-state index in [1.165, 1.54) is 6.07 Å². The van der Waals surface area contributed by atoms with Crippen molar-refractivity contribution in [2.45, 2.75) is 6.54 Å². The first kappa shape index (κ1) is 12.4. The van der Waals surface area contributed by atoms with Gasteiger partial charge in [-0.1, -0.05) is 30.3 Å². The Kier molecular flexibility index (Phi) is 3.82. The van der Waals surface area contributed by atoms with Crippen LogP contribution in [-0.4, -0.2) is 14.1 Å². The molecule has 0 aromatic heterocycles. The molecule has 1 N–H and O–H groups in total. The molecule has 2 aromatic rings. The molecule has 0 unspecified atom stereocenters. The molecule has 18 heavy (non-hydrogen) atoms. The van der Waals surface area contributed by atoms with Crippen molar-refractivity contribution in [3.8, 4) is 0 Å². The SMILES string of the molecule is CN(C)c1ccccc1NCc1ccccc1F. The van der Waals surface area contributed by atoms with Crippen LogP contribution in [0.1, 0.15) is 5.56 Å². The minimum absolute atomic E-state index is 0.174. The maximum atomic E-state index is 13.5. The number of rotatable bonds is 4. The highest BCUT2D eigenvalue weighted by molar-refractivity contribution is 5.69. The van der Waals surface area contributed by atoms with E-state index in [1.807, 2.05) is 49.3 Å². The zero-order chi connectivity index (χ0) is 13.0. The molecule has 0 radical (unpaired) electrons. The van der Waals surface area contributed by atoms with Crippen molar-refractivity contribution >= 4 is 11.4 Å². The predicted octanol–water partition coefficient (Wildman–Crippen LogP) is 3.50. The molecular weight excluding hydrogens is 227 g/mol. The molecule has 3 heteroatoms. The molecule has 0 aliphatic carbocycles. The second kappa shape index (κ2) is 5.54. The first-order valence-corrected chi connectivity index (χ1v) is 5.92. The molecule has 0 bridgehead atoms. The number of halogens is 1. The fraction of sp³-hybridized carbons (Fsp3) is 0.200. The third-order valence-corrected chi connectivity index (χ3v) is 2.81. The fourth-order valence-electron chi connectivity index (χ4n) is 1.85. The molecule has 2 rings (SSSR count). The summed E-state index contributed by atoms with van der Waals surface area (Å²) < 4.78 is 13.5. The first-order chi connectivity index (χ1) is 8.68. The summed E-state index contributed by atoms with van der Waals surface area (Å²) in [4.78, 5) is 2.03. The number of anilines is 2. The van der Waals surface area contributed by atoms with E-state index in [4.69, 9.17) is 0 Å². The van der Waals surface area contributed by atoms with Gasteiger partial charge in [0.2, 0.25) is 0 Å². The van der Waals surface area contributed by atoms with Crippen molar-refractivity contribution in [2.24, 2.45) is 0 Å². The van der Waals surface area contributed by atoms with Gasteiger partial charge >= 0.3 is 0 Å². The number of nitrogens with one attached hydrogen (secondary N) is 1. The Hall–Kier alpha value is -2.03. The molecule has 0 fully saturated rings. The third-order valence-electron chi connectivity index (χ3n) is 2.81. The van der Waals surface area contributed by atoms with Gasteiger partial charge in [0.1, 0.15) is 5.82 Å². The minimum atomic E-state index is -0.174. The standard InChI is InChI=1S/C15H17FN2/c1-18(2)15-10-6-5-9-14(15)17-11-12-7-3-4-8-13(12)16/h3-10,17H,11H2,1-2H3. The Morgan fingerprint density at radius 3 is 2.39 bits per heavy atom. The molecular formula is C15H17FN2. The Labute approximate surface area is 107 Å². The molecule has 0 atom stereocenters. The van der Waals surface area contributed by atoms with E-state index in [9.17, 15) is 4.39 Å². The van der Waals surface area contributed by atoms with Crippen LogP contribution in [0, 0.1) is 5.82 Å². The zero-order valence-electron chi connectivity index (χ0n) is 10.7. The summed E-state index contributed by atoms with van der Waals surface area (Å²) in [6.45, 7) is 0.484. The van der Waals surface area contributed by atoms with Crippen molar-refractivity contribution in [3.05, 3.63) is 59.9 Å². The quantitative estimate of drug-likeness (QED) is 0.885. The van der Waals surface area contributed by atoms with Gasteiger partial charge in [0.05, 0.1) is 11.4 Å². The van der Waals surface area contributed by atoms with E-state index in [-0.39, 0.29) is 5.82 Å². The largest absolute Gasteiger partial charge is 0.379 e. The Morgan fingerprint density at radius 2 is 1.67 bits per heavy atom. The Bertz CT molecular complexity index is 523. The van der Waals surface area contributed by atoms with E-state index in [0.29, 0.717) is 12.1 Å². The van der Waals surface area contributed by atoms with Crippen LogP contribution < -0.4 is 10.2 Å². The molecule has 0 aliphatic rings. The lowest BCUT2D eigenvalue weighted by Gasteiger charge is -2.18. The van der Waals surface area contributed by atoms with E-state index in [2.05, 4.69) is 5.32 Å². The third kappa shape index (κ3) is 2.80. The molecule has 2 aromatic carbocycles. The summed E-state index contributed by atoms with van der Waals surface area (Å²) in [7, 11) is 3.98. The van der Waals surface area contributed by atoms with Crippen molar-refractivity contribution in [1.82, 2.24) is 0 Å². The average Bonchev–Trinajstić information content (AvgIpc) is 2.38. The van der Waals surface area contributed by atoms with Gasteiger partial charge in [0, 0.05) is 26.2 Å². The average molecular weight is 244 g/mol. The number of para-hydroxylation sites is 2. The van der Waals surface area contributed by atoms with Gasteiger partial charge in [-0.15, -0.1) is 0 Å². The monoisotopic (exact) mass is 244 g/mol. The van der Waals surface area contributed by atoms with Crippen molar-refractivity contribution in [1.29, 1.82) is 0 Å². The van der Waals surface area contributed by atoms with E-state index >= 15 is 0 Å². The van der Waals surface area contributed by atoms with Crippen LogP contribution in [0.15, 0.2) is 48.5 Å². The summed E-state index contributed by atoms with van der Waals surface area (Å²) in [6, 6.07) is 14.8. The lowest BCUT2D eigenvalue weighted by atomic mass is 10.2. The fourth-order valence-corrected chi connectivity index (χ4v) is 1.85. The van der Waals surface area contributed by atoms with Crippen LogP contribution >= 0.6 is 0 Å². The van der Waals surface area contributed by atoms with Crippen molar-refractivity contribution in [3.63, 3.8) is 0 Å². The minimum Gasteiger partial charge on any atom is -0.379 e. The molecule has 94 valence electrons. The highest BCUT2D eigenvalue weighted by atomic mass is 19.1. The van der Waals surface area contributed by atoms with Crippen LogP contribution in [0.25, 0.3) is 0 Å². The van der Waals surface area contributed by atoms with Crippen LogP contribution in [0.2, 0.25) is 0 Å². The van der Waals surface area contributed by atoms with Gasteiger partial charge in [-0.05, 0) is 18.2 Å². The predicted molar refractivity (Wildman–Crippen MR) is 74.5 cm³/mol. The topological polar surface area (TPSA) is 15.3 Å². The maximum Gasteiger partial charge on any atom is 0.128 e. The number of nitrogens with zero attached hydrogens (tertiary/aromatic N) is 1. The molecule has 0 amide bonds. The Balaban J connectivity index is 2.14. The molecule has 0 heterocycles. The van der Waals surface area contributed by atoms with Gasteiger partial charge in [-0.3, -0.25) is 0 Å². The van der Waals surface area contributed by atoms with Gasteiger partial charge in [-0.2, -0.15) is 0 Å². The van der Waals surface area contributed by atoms with Gasteiger partial charge in [0.25, 0.3) is 0 Å². The highest BCUT2D eigenvalue weighted by Crippen LogP contribution is 2.24. The normalized spacial score (nSPS) is 10.2. The van der Waals surface area contributed by atoms with E-state index in [0.717, 1.165) is 11.4 Å². The van der Waals surface area contributed by atoms with E-state index in [1.54, 1.807) is 12.1 Å². The van der Waals surface area contributed by atoms with E-state index < -0.39 is 0 Å². The summed E-state index contributed by atoms with van der Waals surface area (Å²) in [6.07, 6.45) is 0. The molecule has 0 saturated heterocycles. The van der Waals surface area contributed by atoms with Crippen molar-refractivity contribution < 1.29 is 4.39 Å². The molecule has 0 saturated carbocycles. The van der Waals surface area contributed by atoms with Crippen LogP contribution in [0.4, 0.5) is 15.8 Å². The first-order valence-electron chi connectivity index (χ1n) is 5.92. The summed E-state index contributed by atoms with van der Waals surface area (Å²) in [5.74, 6) is -0.174. The van der Waals surface area contributed by atoms with Crippen LogP contribution in [0.5, 0.6) is 0 Å². The van der Waals surface area contributed by atoms with Crippen LogP contribution in [-0.2, 0) is 6.54 Å². The van der Waals surface area contributed by atoms with Crippen molar-refractivity contribution in [2.75, 3.05) is 24.3 Å². The second-order valence-electron chi connectivity index (χ2n) is 4.36. The molecule has 0 aliphatic heterocycles. The molecule has 2 nitrogen and oxygen atoms in total. The smallest absolute Gasteiger partial charge is 0.128 e. The molecule has 0 spiro atoms. The number of hydrogen-bond acceptors (Lipinski definition) is 2. The zero-order valence-corrected chi connectivity index (χ0v) is 10.7. The summed E-state index contributed by atoms with van der Waals surface area (Å²) in [5.41, 5.74) is 2.77. The second-order valence-corrected chi connectivity index (χ2v) is 4.36. The number of benzene rings is 2. The Morgan fingerprint density at radius 1 is 1.00 bits per heavy atom.